The van der Waals surface area contributed by atoms with Crippen molar-refractivity contribution in [1.82, 2.24) is 0 Å². The Bertz CT molecular complexity index is 979. The van der Waals surface area contributed by atoms with Crippen LogP contribution >= 0.6 is 11.6 Å². The maximum Gasteiger partial charge on any atom is 0.302 e. The van der Waals surface area contributed by atoms with Crippen LogP contribution in [0.5, 0.6) is 5.75 Å². The van der Waals surface area contributed by atoms with E-state index < -0.39 is 29.6 Å². The maximum atomic E-state index is 11.3. The molecular weight excluding hydrogens is 436 g/mol. The predicted octanol–water partition coefficient (Wildman–Crippen LogP) is 2.96. The summed E-state index contributed by atoms with van der Waals surface area (Å²) in [5.41, 5.74) is 1.27. The van der Waals surface area contributed by atoms with E-state index in [1.54, 1.807) is 12.1 Å². The molecule has 32 heavy (non-hydrogen) atoms. The fraction of sp³-hybridized carbons (Fsp3) is 0.458. The molecule has 0 saturated carbocycles. The lowest BCUT2D eigenvalue weighted by atomic mass is 9.85. The summed E-state index contributed by atoms with van der Waals surface area (Å²) in [5, 5.41) is 21.7. The minimum Gasteiger partial charge on any atom is -0.494 e. The molecule has 0 unspecified atom stereocenters. The quantitative estimate of drug-likeness (QED) is 0.611. The van der Waals surface area contributed by atoms with Crippen molar-refractivity contribution >= 4 is 17.6 Å². The van der Waals surface area contributed by atoms with Gasteiger partial charge in [0.15, 0.2) is 11.4 Å². The first-order chi connectivity index (χ1) is 15.3. The topological polar surface area (TPSA) is 94.5 Å². The Morgan fingerprint density at radius 1 is 1.22 bits per heavy atom. The Hall–Kier alpha value is -2.16. The van der Waals surface area contributed by atoms with E-state index in [1.807, 2.05) is 37.3 Å². The number of hydrogen-bond acceptors (Lipinski definition) is 7. The summed E-state index contributed by atoms with van der Waals surface area (Å²) in [7, 11) is 0. The van der Waals surface area contributed by atoms with Gasteiger partial charge in [0, 0.05) is 23.9 Å². The van der Waals surface area contributed by atoms with Gasteiger partial charge in [0.05, 0.1) is 19.3 Å². The van der Waals surface area contributed by atoms with Gasteiger partial charge >= 0.3 is 5.97 Å². The average Bonchev–Trinajstić information content (AvgIpc) is 3.11. The highest BCUT2D eigenvalue weighted by Gasteiger charge is 2.63. The van der Waals surface area contributed by atoms with Crippen molar-refractivity contribution in [1.29, 1.82) is 0 Å². The Labute approximate surface area is 191 Å². The highest BCUT2D eigenvalue weighted by Crippen LogP contribution is 2.50. The molecule has 8 heteroatoms. The van der Waals surface area contributed by atoms with Gasteiger partial charge in [0.2, 0.25) is 0 Å². The van der Waals surface area contributed by atoms with Gasteiger partial charge in [-0.15, -0.1) is 0 Å². The number of rotatable bonds is 7. The van der Waals surface area contributed by atoms with Crippen LogP contribution in [0.1, 0.15) is 37.0 Å². The molecule has 2 fully saturated rings. The molecule has 0 aromatic heterocycles. The highest BCUT2D eigenvalue weighted by molar-refractivity contribution is 6.31. The van der Waals surface area contributed by atoms with Crippen LogP contribution in [0.15, 0.2) is 42.5 Å². The van der Waals surface area contributed by atoms with Gasteiger partial charge in [-0.05, 0) is 48.7 Å². The van der Waals surface area contributed by atoms with Crippen molar-refractivity contribution < 1.29 is 34.0 Å². The first-order valence-corrected chi connectivity index (χ1v) is 11.0. The lowest BCUT2D eigenvalue weighted by Crippen LogP contribution is -2.59. The van der Waals surface area contributed by atoms with Gasteiger partial charge in [-0.25, -0.2) is 0 Å². The van der Waals surface area contributed by atoms with E-state index in [2.05, 4.69) is 0 Å². The molecule has 7 nitrogen and oxygen atoms in total. The number of fused-ring (bicyclic) bond motifs is 2. The molecule has 4 atom stereocenters. The van der Waals surface area contributed by atoms with Crippen molar-refractivity contribution in [2.75, 3.05) is 19.8 Å². The van der Waals surface area contributed by atoms with Crippen LogP contribution in [0.3, 0.4) is 0 Å². The number of carbonyl (C=O) groups is 1. The number of aliphatic hydroxyl groups excluding tert-OH is 2. The van der Waals surface area contributed by atoms with Crippen LogP contribution in [-0.2, 0) is 31.2 Å². The van der Waals surface area contributed by atoms with Crippen LogP contribution in [0.4, 0.5) is 0 Å². The smallest absolute Gasteiger partial charge is 0.302 e. The van der Waals surface area contributed by atoms with Crippen LogP contribution in [0.2, 0.25) is 5.02 Å². The minimum absolute atomic E-state index is 0.0185. The monoisotopic (exact) mass is 462 g/mol. The summed E-state index contributed by atoms with van der Waals surface area (Å²) >= 11 is 6.48. The van der Waals surface area contributed by atoms with Gasteiger partial charge in [-0.3, -0.25) is 4.79 Å². The molecule has 2 bridgehead atoms. The maximum absolute atomic E-state index is 11.3. The molecule has 0 spiro atoms. The van der Waals surface area contributed by atoms with Gasteiger partial charge in [0.1, 0.15) is 18.5 Å². The second-order valence-electron chi connectivity index (χ2n) is 8.26. The Morgan fingerprint density at radius 2 is 1.97 bits per heavy atom. The van der Waals surface area contributed by atoms with E-state index >= 15 is 0 Å². The fourth-order valence-corrected chi connectivity index (χ4v) is 4.47. The van der Waals surface area contributed by atoms with Crippen molar-refractivity contribution in [3.8, 4) is 5.75 Å². The Morgan fingerprint density at radius 3 is 2.66 bits per heavy atom. The summed E-state index contributed by atoms with van der Waals surface area (Å²) in [6, 6.07) is 13.3. The molecule has 2 N–H and O–H groups in total. The second-order valence-corrected chi connectivity index (χ2v) is 8.67. The molecule has 2 aromatic carbocycles. The zero-order valence-corrected chi connectivity index (χ0v) is 18.8. The lowest BCUT2D eigenvalue weighted by molar-refractivity contribution is -0.282. The fourth-order valence-electron chi connectivity index (χ4n) is 4.29. The number of halogens is 1. The van der Waals surface area contributed by atoms with Crippen LogP contribution in [0.25, 0.3) is 0 Å². The van der Waals surface area contributed by atoms with E-state index in [0.29, 0.717) is 23.6 Å². The number of benzene rings is 2. The van der Waals surface area contributed by atoms with Gasteiger partial charge in [-0.1, -0.05) is 29.8 Å². The SMILES string of the molecule is CCOc1ccc(Cc2cc([C@]34C[C@@H](O)[C@H](O)[C@](COC(C)=O)(CO3)O4)ccc2Cl)cc1. The molecule has 2 aliphatic heterocycles. The Kier molecular flexibility index (Phi) is 6.47. The summed E-state index contributed by atoms with van der Waals surface area (Å²) < 4.78 is 22.8. The van der Waals surface area contributed by atoms with Crippen molar-refractivity contribution in [3.63, 3.8) is 0 Å². The minimum atomic E-state index is -1.34. The molecule has 0 amide bonds. The molecule has 4 rings (SSSR count). The van der Waals surface area contributed by atoms with E-state index in [9.17, 15) is 15.0 Å². The van der Waals surface area contributed by atoms with E-state index in [-0.39, 0.29) is 19.6 Å². The van der Waals surface area contributed by atoms with Crippen LogP contribution < -0.4 is 4.74 Å². The summed E-state index contributed by atoms with van der Waals surface area (Å²) in [6.07, 6.45) is -1.72. The predicted molar refractivity (Wildman–Crippen MR) is 117 cm³/mol. The number of hydrogen-bond donors (Lipinski definition) is 2. The van der Waals surface area contributed by atoms with Crippen molar-refractivity contribution in [2.24, 2.45) is 0 Å². The Balaban J connectivity index is 1.60. The van der Waals surface area contributed by atoms with Crippen LogP contribution in [0, 0.1) is 0 Å². The van der Waals surface area contributed by atoms with E-state index in [0.717, 1.165) is 16.9 Å². The normalized spacial score (nSPS) is 29.0. The first-order valence-electron chi connectivity index (χ1n) is 10.6. The largest absolute Gasteiger partial charge is 0.494 e. The number of carbonyl (C=O) groups excluding carboxylic acids is 1. The highest BCUT2D eigenvalue weighted by atomic mass is 35.5. The average molecular weight is 463 g/mol. The summed E-state index contributed by atoms with van der Waals surface area (Å²) in [4.78, 5) is 11.3. The zero-order chi connectivity index (χ0) is 22.9. The van der Waals surface area contributed by atoms with E-state index in [1.165, 1.54) is 6.92 Å². The van der Waals surface area contributed by atoms with Crippen molar-refractivity contribution in [2.45, 2.75) is 50.3 Å². The molecule has 2 aliphatic rings. The standard InChI is InChI=1S/C24H27ClO7/c1-3-29-19-7-4-16(5-8-19)10-17-11-18(6-9-20(17)25)24-12-21(27)22(28)23(32-24,14-31-24)13-30-15(2)26/h4-9,11,21-22,27-28H,3,10,12-14H2,1-2H3/t21-,22+,23+,24-/m1/s1. The third kappa shape index (κ3) is 4.36. The molecule has 0 radical (unpaired) electrons. The number of aliphatic hydroxyl groups is 2. The molecule has 172 valence electrons. The van der Waals surface area contributed by atoms with Crippen LogP contribution in [-0.4, -0.2) is 53.8 Å². The molecule has 0 aliphatic carbocycles. The third-order valence-electron chi connectivity index (χ3n) is 5.93. The third-order valence-corrected chi connectivity index (χ3v) is 6.30. The molecule has 2 heterocycles. The van der Waals surface area contributed by atoms with Gasteiger partial charge < -0.3 is 29.2 Å². The summed E-state index contributed by atoms with van der Waals surface area (Å²) in [6.45, 7) is 3.59. The molecular formula is C24H27ClO7. The second kappa shape index (κ2) is 9.00. The first kappa shape index (κ1) is 23.0. The van der Waals surface area contributed by atoms with E-state index in [4.69, 9.17) is 30.5 Å². The summed E-state index contributed by atoms with van der Waals surface area (Å²) in [5.74, 6) is -0.963. The molecule has 2 aromatic rings. The number of esters is 1. The lowest BCUT2D eigenvalue weighted by Gasteiger charge is -2.43. The zero-order valence-electron chi connectivity index (χ0n) is 18.0. The molecule has 2 saturated heterocycles. The number of ether oxygens (including phenoxy) is 4. The van der Waals surface area contributed by atoms with Gasteiger partial charge in [0.25, 0.3) is 0 Å². The van der Waals surface area contributed by atoms with Crippen molar-refractivity contribution in [3.05, 3.63) is 64.2 Å². The van der Waals surface area contributed by atoms with Gasteiger partial charge in [-0.2, -0.15) is 0 Å².